The Morgan fingerprint density at radius 2 is 1.70 bits per heavy atom. The standard InChI is InChI=1S/C18H18ClN3O/c1-20-11-12-21-18-16(13-5-3-2-4-6-13)17(22-23-18)14-7-9-15(19)10-8-14/h2-10,20-21H,11-12H2,1H3. The second-order valence-corrected chi connectivity index (χ2v) is 5.57. The van der Waals surface area contributed by atoms with Crippen molar-refractivity contribution in [3.05, 3.63) is 59.6 Å². The second kappa shape index (κ2) is 7.31. The predicted octanol–water partition coefficient (Wildman–Crippen LogP) is 4.29. The van der Waals surface area contributed by atoms with Crippen LogP contribution in [0, 0.1) is 0 Å². The Bertz CT molecular complexity index is 754. The maximum absolute atomic E-state index is 5.98. The SMILES string of the molecule is CNCCNc1onc(-c2ccc(Cl)cc2)c1-c1ccccc1. The summed E-state index contributed by atoms with van der Waals surface area (Å²) in [4.78, 5) is 0. The van der Waals surface area contributed by atoms with Crippen LogP contribution in [0.15, 0.2) is 59.1 Å². The Morgan fingerprint density at radius 3 is 2.39 bits per heavy atom. The summed E-state index contributed by atoms with van der Waals surface area (Å²) in [6.07, 6.45) is 0. The molecule has 0 atom stereocenters. The van der Waals surface area contributed by atoms with Gasteiger partial charge in [0.2, 0.25) is 5.88 Å². The molecule has 5 heteroatoms. The first kappa shape index (κ1) is 15.6. The Kier molecular flexibility index (Phi) is 4.95. The van der Waals surface area contributed by atoms with E-state index in [1.807, 2.05) is 49.5 Å². The van der Waals surface area contributed by atoms with Gasteiger partial charge in [-0.2, -0.15) is 0 Å². The summed E-state index contributed by atoms with van der Waals surface area (Å²) >= 11 is 5.98. The van der Waals surface area contributed by atoms with Crippen molar-refractivity contribution < 1.29 is 4.52 Å². The minimum absolute atomic E-state index is 0.677. The van der Waals surface area contributed by atoms with Gasteiger partial charge >= 0.3 is 0 Å². The minimum Gasteiger partial charge on any atom is -0.352 e. The first-order valence-corrected chi connectivity index (χ1v) is 7.87. The molecule has 1 aromatic heterocycles. The van der Waals surface area contributed by atoms with Gasteiger partial charge < -0.3 is 15.2 Å². The molecule has 0 spiro atoms. The first-order chi connectivity index (χ1) is 11.3. The van der Waals surface area contributed by atoms with Gasteiger partial charge in [-0.3, -0.25) is 0 Å². The summed E-state index contributed by atoms with van der Waals surface area (Å²) in [5.41, 5.74) is 3.80. The molecule has 0 saturated heterocycles. The van der Waals surface area contributed by atoms with Gasteiger partial charge in [0.15, 0.2) is 0 Å². The maximum Gasteiger partial charge on any atom is 0.233 e. The monoisotopic (exact) mass is 327 g/mol. The third kappa shape index (κ3) is 3.55. The quantitative estimate of drug-likeness (QED) is 0.663. The van der Waals surface area contributed by atoms with E-state index in [1.165, 1.54) is 0 Å². The maximum atomic E-state index is 5.98. The average molecular weight is 328 g/mol. The molecule has 3 rings (SSSR count). The highest BCUT2D eigenvalue weighted by atomic mass is 35.5. The molecule has 4 nitrogen and oxygen atoms in total. The van der Waals surface area contributed by atoms with Crippen molar-refractivity contribution in [2.24, 2.45) is 0 Å². The molecule has 118 valence electrons. The number of hydrogen-bond donors (Lipinski definition) is 2. The molecular weight excluding hydrogens is 310 g/mol. The molecule has 2 aromatic carbocycles. The number of hydrogen-bond acceptors (Lipinski definition) is 4. The van der Waals surface area contributed by atoms with Crippen LogP contribution in [-0.4, -0.2) is 25.3 Å². The summed E-state index contributed by atoms with van der Waals surface area (Å²) < 4.78 is 5.56. The largest absolute Gasteiger partial charge is 0.352 e. The number of halogens is 1. The van der Waals surface area contributed by atoms with Gasteiger partial charge in [-0.1, -0.05) is 59.2 Å². The molecule has 3 aromatic rings. The van der Waals surface area contributed by atoms with Crippen LogP contribution in [-0.2, 0) is 0 Å². The Balaban J connectivity index is 2.04. The van der Waals surface area contributed by atoms with E-state index < -0.39 is 0 Å². The van der Waals surface area contributed by atoms with Crippen molar-refractivity contribution in [1.82, 2.24) is 10.5 Å². The first-order valence-electron chi connectivity index (χ1n) is 7.49. The van der Waals surface area contributed by atoms with Gasteiger partial charge in [-0.25, -0.2) is 0 Å². The molecule has 0 unspecified atom stereocenters. The van der Waals surface area contributed by atoms with Gasteiger partial charge in [0.05, 0.1) is 5.56 Å². The van der Waals surface area contributed by atoms with Gasteiger partial charge in [0, 0.05) is 23.7 Å². The van der Waals surface area contributed by atoms with Crippen LogP contribution in [0.5, 0.6) is 0 Å². The lowest BCUT2D eigenvalue weighted by molar-refractivity contribution is 0.435. The number of nitrogens with zero attached hydrogens (tertiary/aromatic N) is 1. The lowest BCUT2D eigenvalue weighted by Crippen LogP contribution is -2.17. The normalized spacial score (nSPS) is 10.7. The van der Waals surface area contributed by atoms with Crippen LogP contribution in [0.3, 0.4) is 0 Å². The van der Waals surface area contributed by atoms with E-state index in [9.17, 15) is 0 Å². The lowest BCUT2D eigenvalue weighted by Gasteiger charge is -2.07. The van der Waals surface area contributed by atoms with Crippen molar-refractivity contribution in [3.63, 3.8) is 0 Å². The van der Waals surface area contributed by atoms with E-state index >= 15 is 0 Å². The number of aromatic nitrogens is 1. The third-order valence-corrected chi connectivity index (χ3v) is 3.78. The van der Waals surface area contributed by atoms with Crippen molar-refractivity contribution in [3.8, 4) is 22.4 Å². The van der Waals surface area contributed by atoms with E-state index in [0.29, 0.717) is 10.9 Å². The zero-order valence-electron chi connectivity index (χ0n) is 12.8. The van der Waals surface area contributed by atoms with E-state index in [0.717, 1.165) is 35.5 Å². The minimum atomic E-state index is 0.677. The molecule has 0 bridgehead atoms. The fourth-order valence-electron chi connectivity index (χ4n) is 2.39. The van der Waals surface area contributed by atoms with E-state index in [-0.39, 0.29) is 0 Å². The Morgan fingerprint density at radius 1 is 0.957 bits per heavy atom. The molecule has 0 aliphatic heterocycles. The predicted molar refractivity (Wildman–Crippen MR) is 94.8 cm³/mol. The van der Waals surface area contributed by atoms with Crippen LogP contribution in [0.2, 0.25) is 5.02 Å². The fraction of sp³-hybridized carbons (Fsp3) is 0.167. The second-order valence-electron chi connectivity index (χ2n) is 5.14. The summed E-state index contributed by atoms with van der Waals surface area (Å²) in [5.74, 6) is 0.677. The summed E-state index contributed by atoms with van der Waals surface area (Å²) in [6.45, 7) is 1.59. The van der Waals surface area contributed by atoms with Crippen LogP contribution in [0.25, 0.3) is 22.4 Å². The molecule has 1 heterocycles. The van der Waals surface area contributed by atoms with Crippen LogP contribution in [0.1, 0.15) is 0 Å². The summed E-state index contributed by atoms with van der Waals surface area (Å²) in [7, 11) is 1.92. The van der Waals surface area contributed by atoms with Gasteiger partial charge in [0.25, 0.3) is 0 Å². The number of anilines is 1. The molecule has 0 aliphatic carbocycles. The molecule has 2 N–H and O–H groups in total. The Labute approximate surface area is 140 Å². The molecule has 0 radical (unpaired) electrons. The summed E-state index contributed by atoms with van der Waals surface area (Å²) in [6, 6.07) is 17.7. The highest BCUT2D eigenvalue weighted by Gasteiger charge is 2.18. The van der Waals surface area contributed by atoms with Crippen molar-refractivity contribution in [2.45, 2.75) is 0 Å². The number of likely N-dealkylation sites (N-methyl/N-ethyl adjacent to an activating group) is 1. The van der Waals surface area contributed by atoms with Crippen LogP contribution in [0.4, 0.5) is 5.88 Å². The molecular formula is C18H18ClN3O. The van der Waals surface area contributed by atoms with Crippen molar-refractivity contribution in [2.75, 3.05) is 25.5 Å². The highest BCUT2D eigenvalue weighted by molar-refractivity contribution is 6.30. The zero-order chi connectivity index (χ0) is 16.1. The van der Waals surface area contributed by atoms with Crippen molar-refractivity contribution >= 4 is 17.5 Å². The Hall–Kier alpha value is -2.30. The highest BCUT2D eigenvalue weighted by Crippen LogP contribution is 2.37. The van der Waals surface area contributed by atoms with Gasteiger partial charge in [-0.05, 0) is 24.7 Å². The number of nitrogens with one attached hydrogen (secondary N) is 2. The average Bonchev–Trinajstić information content (AvgIpc) is 3.00. The van der Waals surface area contributed by atoms with Crippen LogP contribution < -0.4 is 10.6 Å². The number of benzene rings is 2. The van der Waals surface area contributed by atoms with Gasteiger partial charge in [-0.15, -0.1) is 0 Å². The van der Waals surface area contributed by atoms with Gasteiger partial charge in [0.1, 0.15) is 5.69 Å². The van der Waals surface area contributed by atoms with Crippen molar-refractivity contribution in [1.29, 1.82) is 0 Å². The number of rotatable bonds is 6. The molecule has 0 aliphatic rings. The molecule has 23 heavy (non-hydrogen) atoms. The topological polar surface area (TPSA) is 50.1 Å². The molecule has 0 amide bonds. The van der Waals surface area contributed by atoms with E-state index in [2.05, 4.69) is 27.9 Å². The smallest absolute Gasteiger partial charge is 0.233 e. The van der Waals surface area contributed by atoms with Crippen LogP contribution >= 0.6 is 11.6 Å². The molecule has 0 saturated carbocycles. The lowest BCUT2D eigenvalue weighted by atomic mass is 10.0. The third-order valence-electron chi connectivity index (χ3n) is 3.53. The van der Waals surface area contributed by atoms with E-state index in [1.54, 1.807) is 0 Å². The summed E-state index contributed by atoms with van der Waals surface area (Å²) in [5, 5.41) is 11.4. The zero-order valence-corrected chi connectivity index (χ0v) is 13.6. The fourth-order valence-corrected chi connectivity index (χ4v) is 2.52. The van der Waals surface area contributed by atoms with E-state index in [4.69, 9.17) is 16.1 Å². The molecule has 0 fully saturated rings.